The minimum Gasteiger partial charge on any atom is -0.484 e. The van der Waals surface area contributed by atoms with E-state index in [1.165, 1.54) is 23.5 Å². The summed E-state index contributed by atoms with van der Waals surface area (Å²) in [5.41, 5.74) is 2.38. The number of hydrogen-bond donors (Lipinski definition) is 1. The van der Waals surface area contributed by atoms with Crippen molar-refractivity contribution in [2.24, 2.45) is 5.92 Å². The lowest BCUT2D eigenvalue weighted by Gasteiger charge is -2.36. The molecule has 3 aromatic rings. The number of aromatic carboxylic acids is 1. The molecule has 0 bridgehead atoms. The Hall–Kier alpha value is -4.61. The molecule has 11 heteroatoms. The fraction of sp³-hybridized carbons (Fsp3) is 0.294. The number of Topliss-reactive ketones (excluding diaryl/α,β-unsaturated/α-hetero) is 1. The number of morpholine rings is 1. The maximum Gasteiger partial charge on any atom is 0.336 e. The summed E-state index contributed by atoms with van der Waals surface area (Å²) < 4.78 is 25.7. The molecule has 3 unspecified atom stereocenters. The number of allylic oxidation sites excluding steroid dienone is 4. The number of rotatable bonds is 9. The van der Waals surface area contributed by atoms with Gasteiger partial charge >= 0.3 is 5.97 Å². The number of thiazole rings is 1. The van der Waals surface area contributed by atoms with Gasteiger partial charge in [-0.2, -0.15) is 0 Å². The predicted octanol–water partition coefficient (Wildman–Crippen LogP) is 5.05. The van der Waals surface area contributed by atoms with Gasteiger partial charge in [0, 0.05) is 42.5 Å². The summed E-state index contributed by atoms with van der Waals surface area (Å²) >= 11 is 1.30. The quantitative estimate of drug-likeness (QED) is 0.351. The average molecular weight is 630 g/mol. The van der Waals surface area contributed by atoms with Gasteiger partial charge in [-0.15, -0.1) is 11.3 Å². The van der Waals surface area contributed by atoms with Gasteiger partial charge in [-0.05, 0) is 43.2 Å². The van der Waals surface area contributed by atoms with Crippen LogP contribution in [0.2, 0.25) is 0 Å². The fourth-order valence-corrected chi connectivity index (χ4v) is 6.80. The Balaban J connectivity index is 1.31. The van der Waals surface area contributed by atoms with Crippen LogP contribution in [0.5, 0.6) is 0 Å². The highest BCUT2D eigenvalue weighted by Crippen LogP contribution is 2.40. The SMILES string of the molecule is CC1CN(C(=O)CN2C=CC3C(=O)C(OCc4ccccc4)=C(c4ncc(Cc5ccc(F)cc5C(=O)O)s4)C=C32)CC(C)O1. The molecular weight excluding hydrogens is 597 g/mol. The molecule has 1 aromatic heterocycles. The van der Waals surface area contributed by atoms with Crippen molar-refractivity contribution in [1.29, 1.82) is 0 Å². The van der Waals surface area contributed by atoms with Crippen LogP contribution in [0.25, 0.3) is 5.57 Å². The van der Waals surface area contributed by atoms with Gasteiger partial charge in [-0.25, -0.2) is 14.2 Å². The molecule has 2 aliphatic heterocycles. The molecule has 0 spiro atoms. The van der Waals surface area contributed by atoms with E-state index in [-0.39, 0.29) is 54.8 Å². The molecule has 1 amide bonds. The minimum atomic E-state index is -1.22. The van der Waals surface area contributed by atoms with Crippen LogP contribution in [-0.4, -0.2) is 69.4 Å². The molecule has 0 radical (unpaired) electrons. The van der Waals surface area contributed by atoms with Crippen molar-refractivity contribution < 1.29 is 33.4 Å². The highest BCUT2D eigenvalue weighted by Gasteiger charge is 2.39. The zero-order valence-electron chi connectivity index (χ0n) is 24.8. The third-order valence-electron chi connectivity index (χ3n) is 7.91. The molecule has 1 aliphatic carbocycles. The van der Waals surface area contributed by atoms with Crippen LogP contribution in [0.1, 0.15) is 45.2 Å². The zero-order chi connectivity index (χ0) is 31.7. The van der Waals surface area contributed by atoms with E-state index in [2.05, 4.69) is 4.98 Å². The number of carboxylic acid groups (broad SMARTS) is 1. The van der Waals surface area contributed by atoms with E-state index in [9.17, 15) is 23.9 Å². The van der Waals surface area contributed by atoms with Gasteiger partial charge in [-0.3, -0.25) is 9.59 Å². The average Bonchev–Trinajstić information content (AvgIpc) is 3.64. The maximum absolute atomic E-state index is 13.9. The molecule has 3 aliphatic rings. The first-order valence-electron chi connectivity index (χ1n) is 14.7. The number of benzene rings is 2. The third kappa shape index (κ3) is 6.59. The van der Waals surface area contributed by atoms with E-state index in [0.29, 0.717) is 34.9 Å². The molecule has 45 heavy (non-hydrogen) atoms. The van der Waals surface area contributed by atoms with Gasteiger partial charge in [0.05, 0.1) is 29.3 Å². The van der Waals surface area contributed by atoms with Gasteiger partial charge < -0.3 is 24.4 Å². The summed E-state index contributed by atoms with van der Waals surface area (Å²) in [6.07, 6.45) is 7.13. The Morgan fingerprint density at radius 1 is 1.13 bits per heavy atom. The van der Waals surface area contributed by atoms with E-state index >= 15 is 0 Å². The highest BCUT2D eigenvalue weighted by molar-refractivity contribution is 7.12. The van der Waals surface area contributed by atoms with Crippen molar-refractivity contribution >= 4 is 34.6 Å². The predicted molar refractivity (Wildman–Crippen MR) is 165 cm³/mol. The van der Waals surface area contributed by atoms with Gasteiger partial charge in [0.15, 0.2) is 5.76 Å². The first-order chi connectivity index (χ1) is 21.7. The molecule has 0 saturated carbocycles. The Bertz CT molecular complexity index is 1720. The van der Waals surface area contributed by atoms with Crippen LogP contribution < -0.4 is 0 Å². The van der Waals surface area contributed by atoms with Crippen molar-refractivity contribution in [3.63, 3.8) is 0 Å². The summed E-state index contributed by atoms with van der Waals surface area (Å²) in [5, 5.41) is 10.1. The number of carboxylic acids is 1. The van der Waals surface area contributed by atoms with Gasteiger partial charge in [0.2, 0.25) is 11.7 Å². The molecule has 3 heterocycles. The van der Waals surface area contributed by atoms with Crippen LogP contribution in [0.4, 0.5) is 4.39 Å². The molecule has 232 valence electrons. The minimum absolute atomic E-state index is 0.0580. The summed E-state index contributed by atoms with van der Waals surface area (Å²) in [5.74, 6) is -2.56. The molecule has 1 saturated heterocycles. The summed E-state index contributed by atoms with van der Waals surface area (Å²) in [7, 11) is 0. The van der Waals surface area contributed by atoms with Crippen molar-refractivity contribution in [2.75, 3.05) is 19.6 Å². The second-order valence-electron chi connectivity index (χ2n) is 11.4. The zero-order valence-corrected chi connectivity index (χ0v) is 25.6. The summed E-state index contributed by atoms with van der Waals surface area (Å²) in [6, 6.07) is 13.2. The third-order valence-corrected chi connectivity index (χ3v) is 8.94. The fourth-order valence-electron chi connectivity index (χ4n) is 5.85. The van der Waals surface area contributed by atoms with Gasteiger partial charge in [-0.1, -0.05) is 42.5 Å². The van der Waals surface area contributed by atoms with Crippen molar-refractivity contribution in [3.05, 3.63) is 117 Å². The normalized spacial score (nSPS) is 21.2. The Kier molecular flexibility index (Phi) is 8.64. The number of aromatic nitrogens is 1. The van der Waals surface area contributed by atoms with E-state index in [0.717, 1.165) is 16.5 Å². The lowest BCUT2D eigenvalue weighted by Crippen LogP contribution is -2.50. The summed E-state index contributed by atoms with van der Waals surface area (Å²) in [4.78, 5) is 47.9. The molecule has 1 N–H and O–H groups in total. The second kappa shape index (κ2) is 12.8. The Morgan fingerprint density at radius 3 is 2.62 bits per heavy atom. The number of fused-ring (bicyclic) bond motifs is 1. The number of halogens is 1. The Labute approximate surface area is 263 Å². The van der Waals surface area contributed by atoms with Crippen LogP contribution in [0.3, 0.4) is 0 Å². The van der Waals surface area contributed by atoms with Crippen molar-refractivity contribution in [1.82, 2.24) is 14.8 Å². The van der Waals surface area contributed by atoms with Crippen LogP contribution in [-0.2, 0) is 32.1 Å². The van der Waals surface area contributed by atoms with Crippen LogP contribution >= 0.6 is 11.3 Å². The maximum atomic E-state index is 13.9. The lowest BCUT2D eigenvalue weighted by molar-refractivity contribution is -0.143. The lowest BCUT2D eigenvalue weighted by atomic mass is 9.91. The van der Waals surface area contributed by atoms with Gasteiger partial charge in [0.25, 0.3) is 0 Å². The second-order valence-corrected chi connectivity index (χ2v) is 12.5. The molecule has 1 fully saturated rings. The van der Waals surface area contributed by atoms with Crippen LogP contribution in [0, 0.1) is 11.7 Å². The van der Waals surface area contributed by atoms with Crippen LogP contribution in [0.15, 0.2) is 84.5 Å². The number of carbonyl (C=O) groups excluding carboxylic acids is 2. The molecule has 9 nitrogen and oxygen atoms in total. The topological polar surface area (TPSA) is 109 Å². The first-order valence-corrected chi connectivity index (χ1v) is 15.5. The molecular formula is C34H32FN3O6S. The Morgan fingerprint density at radius 2 is 1.89 bits per heavy atom. The number of amides is 1. The first kappa shape index (κ1) is 30.4. The van der Waals surface area contributed by atoms with Crippen molar-refractivity contribution in [2.45, 2.75) is 39.1 Å². The largest absolute Gasteiger partial charge is 0.484 e. The smallest absolute Gasteiger partial charge is 0.336 e. The standard InChI is InChI=1S/C34H32FN3O6S/c1-20-16-38(17-21(2)44-20)30(39)18-37-11-10-26-29(37)14-28(32(31(26)40)43-19-22-6-4-3-5-7-22)33-36-15-25(45-33)12-23-8-9-24(35)13-27(23)34(41)42/h3-11,13-15,20-21,26H,12,16-19H2,1-2H3,(H,41,42). The number of ether oxygens (including phenoxy) is 2. The van der Waals surface area contributed by atoms with E-state index in [1.54, 1.807) is 28.3 Å². The van der Waals surface area contributed by atoms with E-state index < -0.39 is 17.7 Å². The molecule has 2 aromatic carbocycles. The van der Waals surface area contributed by atoms with E-state index in [1.807, 2.05) is 50.3 Å². The summed E-state index contributed by atoms with van der Waals surface area (Å²) in [6.45, 7) is 5.15. The number of ketones is 1. The monoisotopic (exact) mass is 629 g/mol. The number of carbonyl (C=O) groups is 3. The number of nitrogens with zero attached hydrogens (tertiary/aromatic N) is 3. The number of hydrogen-bond acceptors (Lipinski definition) is 8. The van der Waals surface area contributed by atoms with Gasteiger partial charge in [0.1, 0.15) is 24.0 Å². The highest BCUT2D eigenvalue weighted by atomic mass is 32.1. The molecule has 3 atom stereocenters. The van der Waals surface area contributed by atoms with E-state index in [4.69, 9.17) is 9.47 Å². The van der Waals surface area contributed by atoms with Crippen molar-refractivity contribution in [3.8, 4) is 0 Å². The molecule has 6 rings (SSSR count).